The predicted octanol–water partition coefficient (Wildman–Crippen LogP) is 2.69. The van der Waals surface area contributed by atoms with Crippen LogP contribution in [0, 0.1) is 6.92 Å². The van der Waals surface area contributed by atoms with E-state index in [1.165, 1.54) is 5.56 Å². The molecule has 16 heavy (non-hydrogen) atoms. The molecule has 0 saturated heterocycles. The molecule has 0 radical (unpaired) electrons. The number of aldehydes is 1. The van der Waals surface area contributed by atoms with Gasteiger partial charge in [0.1, 0.15) is 0 Å². The Kier molecular flexibility index (Phi) is 4.69. The number of carbonyl (C=O) groups is 1. The molecule has 0 amide bonds. The summed E-state index contributed by atoms with van der Waals surface area (Å²) in [6.45, 7) is 7.26. The third-order valence-electron chi connectivity index (χ3n) is 3.07. The molecule has 0 fully saturated rings. The summed E-state index contributed by atoms with van der Waals surface area (Å²) < 4.78 is 0. The molecule has 1 unspecified atom stereocenters. The first-order valence-corrected chi connectivity index (χ1v) is 5.87. The second-order valence-corrected chi connectivity index (χ2v) is 4.34. The van der Waals surface area contributed by atoms with Crippen LogP contribution in [0.3, 0.4) is 0 Å². The Morgan fingerprint density at radius 1 is 1.44 bits per heavy atom. The molecule has 0 aliphatic rings. The second kappa shape index (κ2) is 5.80. The van der Waals surface area contributed by atoms with E-state index in [0.29, 0.717) is 5.92 Å². The smallest absolute Gasteiger partial charge is 0.150 e. The van der Waals surface area contributed by atoms with E-state index in [9.17, 15) is 4.79 Å². The lowest BCUT2D eigenvalue weighted by Crippen LogP contribution is -2.15. The molecule has 2 nitrogen and oxygen atoms in total. The summed E-state index contributed by atoms with van der Waals surface area (Å²) in [5.41, 5.74) is 4.43. The first-order chi connectivity index (χ1) is 7.63. The van der Waals surface area contributed by atoms with Crippen LogP contribution in [0.1, 0.15) is 46.8 Å². The van der Waals surface area contributed by atoms with E-state index in [1.54, 1.807) is 0 Å². The molecule has 0 heterocycles. The Balaban J connectivity index is 3.14. The summed E-state index contributed by atoms with van der Waals surface area (Å²) >= 11 is 0. The first-order valence-electron chi connectivity index (χ1n) is 5.87. The van der Waals surface area contributed by atoms with Crippen LogP contribution >= 0.6 is 0 Å². The van der Waals surface area contributed by atoms with E-state index < -0.39 is 0 Å². The normalized spacial score (nSPS) is 12.5. The highest BCUT2D eigenvalue weighted by Gasteiger charge is 2.10. The molecule has 1 rings (SSSR count). The number of rotatable bonds is 5. The fourth-order valence-corrected chi connectivity index (χ4v) is 2.07. The van der Waals surface area contributed by atoms with Gasteiger partial charge in [-0.3, -0.25) is 4.79 Å². The van der Waals surface area contributed by atoms with Crippen LogP contribution in [0.2, 0.25) is 0 Å². The molecular formula is C14H21NO. The molecule has 1 atom stereocenters. The monoisotopic (exact) mass is 219 g/mol. The molecule has 0 bridgehead atoms. The van der Waals surface area contributed by atoms with Crippen molar-refractivity contribution in [1.29, 1.82) is 0 Å². The predicted molar refractivity (Wildman–Crippen MR) is 68.3 cm³/mol. The maximum Gasteiger partial charge on any atom is 0.150 e. The maximum atomic E-state index is 11.0. The van der Waals surface area contributed by atoms with Crippen molar-refractivity contribution in [3.05, 3.63) is 34.4 Å². The lowest BCUT2D eigenvalue weighted by molar-refractivity contribution is 0.112. The minimum Gasteiger partial charge on any atom is -0.319 e. The number of benzene rings is 1. The average Bonchev–Trinajstić information content (AvgIpc) is 2.28. The molecule has 88 valence electrons. The molecule has 0 aliphatic carbocycles. The van der Waals surface area contributed by atoms with Gasteiger partial charge in [-0.2, -0.15) is 0 Å². The summed E-state index contributed by atoms with van der Waals surface area (Å²) in [5, 5.41) is 3.18. The van der Waals surface area contributed by atoms with Gasteiger partial charge in [-0.1, -0.05) is 26.0 Å². The fourth-order valence-electron chi connectivity index (χ4n) is 2.07. The van der Waals surface area contributed by atoms with Crippen molar-refractivity contribution < 1.29 is 4.79 Å². The first kappa shape index (κ1) is 12.9. The topological polar surface area (TPSA) is 29.1 Å². The highest BCUT2D eigenvalue weighted by Crippen LogP contribution is 2.22. The van der Waals surface area contributed by atoms with Crippen LogP contribution in [0.25, 0.3) is 0 Å². The molecule has 1 aromatic carbocycles. The van der Waals surface area contributed by atoms with Crippen molar-refractivity contribution in [2.45, 2.75) is 33.1 Å². The van der Waals surface area contributed by atoms with E-state index in [-0.39, 0.29) is 0 Å². The third kappa shape index (κ3) is 2.70. The van der Waals surface area contributed by atoms with Crippen LogP contribution in [0.5, 0.6) is 0 Å². The van der Waals surface area contributed by atoms with Crippen molar-refractivity contribution in [1.82, 2.24) is 5.32 Å². The summed E-state index contributed by atoms with van der Waals surface area (Å²) in [5.74, 6) is 0.481. The summed E-state index contributed by atoms with van der Waals surface area (Å²) in [6, 6.07) is 4.30. The van der Waals surface area contributed by atoms with Gasteiger partial charge in [-0.25, -0.2) is 0 Å². The van der Waals surface area contributed by atoms with Gasteiger partial charge in [-0.15, -0.1) is 0 Å². The van der Waals surface area contributed by atoms with E-state index in [1.807, 2.05) is 14.0 Å². The number of hydrogen-bond acceptors (Lipinski definition) is 2. The van der Waals surface area contributed by atoms with Crippen molar-refractivity contribution in [3.8, 4) is 0 Å². The molecule has 0 aliphatic heterocycles. The van der Waals surface area contributed by atoms with Gasteiger partial charge >= 0.3 is 0 Å². The third-order valence-corrected chi connectivity index (χ3v) is 3.07. The number of likely N-dealkylation sites (N-methyl/N-ethyl adjacent to an activating group) is 1. The molecule has 2 heteroatoms. The van der Waals surface area contributed by atoms with Crippen molar-refractivity contribution in [3.63, 3.8) is 0 Å². The molecule has 0 spiro atoms. The largest absolute Gasteiger partial charge is 0.319 e. The van der Waals surface area contributed by atoms with Gasteiger partial charge in [0.2, 0.25) is 0 Å². The van der Waals surface area contributed by atoms with Crippen LogP contribution in [0.15, 0.2) is 12.1 Å². The highest BCUT2D eigenvalue weighted by atomic mass is 16.1. The van der Waals surface area contributed by atoms with Crippen molar-refractivity contribution >= 4 is 6.29 Å². The highest BCUT2D eigenvalue weighted by molar-refractivity contribution is 5.80. The average molecular weight is 219 g/mol. The van der Waals surface area contributed by atoms with E-state index in [4.69, 9.17) is 0 Å². The Morgan fingerprint density at radius 2 is 2.12 bits per heavy atom. The minimum absolute atomic E-state index is 0.481. The Hall–Kier alpha value is -1.15. The number of aryl methyl sites for hydroxylation is 2. The van der Waals surface area contributed by atoms with Gasteiger partial charge < -0.3 is 5.32 Å². The van der Waals surface area contributed by atoms with Gasteiger partial charge in [0, 0.05) is 12.1 Å². The SMILES string of the molecule is CCc1cc(C(C)CNC)cc(C)c1C=O. The van der Waals surface area contributed by atoms with Gasteiger partial charge in [-0.05, 0) is 43.0 Å². The van der Waals surface area contributed by atoms with E-state index in [2.05, 4.69) is 31.3 Å². The van der Waals surface area contributed by atoms with Gasteiger partial charge in [0.25, 0.3) is 0 Å². The van der Waals surface area contributed by atoms with E-state index >= 15 is 0 Å². The standard InChI is InChI=1S/C14H21NO/c1-5-12-7-13(11(3)8-15-4)6-10(2)14(12)9-16/h6-7,9,11,15H,5,8H2,1-4H3. The lowest BCUT2D eigenvalue weighted by atomic mass is 9.92. The zero-order valence-electron chi connectivity index (χ0n) is 10.6. The molecular weight excluding hydrogens is 198 g/mol. The van der Waals surface area contributed by atoms with Crippen LogP contribution in [-0.4, -0.2) is 19.9 Å². The lowest BCUT2D eigenvalue weighted by Gasteiger charge is -2.15. The Morgan fingerprint density at radius 3 is 2.62 bits per heavy atom. The zero-order chi connectivity index (χ0) is 12.1. The Bertz CT molecular complexity index is 371. The van der Waals surface area contributed by atoms with Gasteiger partial charge in [0.15, 0.2) is 6.29 Å². The quantitative estimate of drug-likeness (QED) is 0.771. The second-order valence-electron chi connectivity index (χ2n) is 4.34. The number of carbonyl (C=O) groups excluding carboxylic acids is 1. The molecule has 0 saturated carbocycles. The van der Waals surface area contributed by atoms with Crippen molar-refractivity contribution in [2.24, 2.45) is 0 Å². The van der Waals surface area contributed by atoms with Crippen LogP contribution in [-0.2, 0) is 6.42 Å². The summed E-state index contributed by atoms with van der Waals surface area (Å²) in [4.78, 5) is 11.0. The zero-order valence-corrected chi connectivity index (χ0v) is 10.6. The number of hydrogen-bond donors (Lipinski definition) is 1. The van der Waals surface area contributed by atoms with Crippen molar-refractivity contribution in [2.75, 3.05) is 13.6 Å². The van der Waals surface area contributed by atoms with Crippen LogP contribution < -0.4 is 5.32 Å². The minimum atomic E-state index is 0.481. The fraction of sp³-hybridized carbons (Fsp3) is 0.500. The maximum absolute atomic E-state index is 11.0. The summed E-state index contributed by atoms with van der Waals surface area (Å²) in [7, 11) is 1.96. The summed E-state index contributed by atoms with van der Waals surface area (Å²) in [6.07, 6.45) is 1.88. The Labute approximate surface area is 98.1 Å². The molecule has 1 N–H and O–H groups in total. The van der Waals surface area contributed by atoms with Gasteiger partial charge in [0.05, 0.1) is 0 Å². The number of nitrogens with one attached hydrogen (secondary N) is 1. The molecule has 1 aromatic rings. The van der Waals surface area contributed by atoms with Crippen LogP contribution in [0.4, 0.5) is 0 Å². The molecule has 0 aromatic heterocycles. The van der Waals surface area contributed by atoms with E-state index in [0.717, 1.165) is 35.9 Å².